The molecule has 24 heavy (non-hydrogen) atoms. The van der Waals surface area contributed by atoms with Crippen LogP contribution in [0.3, 0.4) is 0 Å². The smallest absolute Gasteiger partial charge is 0.273 e. The number of hydrogen-bond donors (Lipinski definition) is 0. The maximum Gasteiger partial charge on any atom is 0.273 e. The molecule has 0 radical (unpaired) electrons. The molecular formula is C18H23N3O2S. The molecule has 0 bridgehead atoms. The number of rotatable bonds is 3. The highest BCUT2D eigenvalue weighted by molar-refractivity contribution is 7.13. The van der Waals surface area contributed by atoms with Crippen LogP contribution in [-0.2, 0) is 0 Å². The van der Waals surface area contributed by atoms with Crippen molar-refractivity contribution in [3.8, 4) is 10.6 Å². The van der Waals surface area contributed by atoms with Crippen LogP contribution in [0.5, 0.6) is 0 Å². The number of piperidine rings is 1. The maximum atomic E-state index is 12.7. The van der Waals surface area contributed by atoms with E-state index in [1.807, 2.05) is 16.3 Å². The Bertz CT molecular complexity index is 689. The molecule has 0 saturated carbocycles. The highest BCUT2D eigenvalue weighted by Crippen LogP contribution is 2.32. The lowest BCUT2D eigenvalue weighted by Crippen LogP contribution is -2.35. The maximum absolute atomic E-state index is 12.7. The van der Waals surface area contributed by atoms with E-state index in [4.69, 9.17) is 4.42 Å². The molecule has 2 aliphatic heterocycles. The molecule has 0 aliphatic carbocycles. The fraction of sp³-hybridized carbons (Fsp3) is 0.556. The molecule has 0 N–H and O–H groups in total. The Morgan fingerprint density at radius 2 is 2.04 bits per heavy atom. The van der Waals surface area contributed by atoms with Crippen LogP contribution in [-0.4, -0.2) is 53.9 Å². The van der Waals surface area contributed by atoms with Crippen molar-refractivity contribution in [2.45, 2.75) is 19.3 Å². The SMILES string of the molecule is CN1CCC(C2CCN(C(=O)c3csc(-c4ccoc4)n3)C2)CC1. The molecule has 1 atom stereocenters. The summed E-state index contributed by atoms with van der Waals surface area (Å²) in [5.74, 6) is 1.52. The summed E-state index contributed by atoms with van der Waals surface area (Å²) in [5, 5.41) is 2.71. The van der Waals surface area contributed by atoms with Crippen molar-refractivity contribution in [3.05, 3.63) is 29.7 Å². The molecule has 2 aromatic heterocycles. The summed E-state index contributed by atoms with van der Waals surface area (Å²) >= 11 is 1.50. The van der Waals surface area contributed by atoms with Gasteiger partial charge in [0, 0.05) is 24.0 Å². The average molecular weight is 345 g/mol. The first-order valence-electron chi connectivity index (χ1n) is 8.66. The van der Waals surface area contributed by atoms with Crippen LogP contribution in [0.4, 0.5) is 0 Å². The minimum absolute atomic E-state index is 0.0800. The van der Waals surface area contributed by atoms with Crippen LogP contribution >= 0.6 is 11.3 Å². The Hall–Kier alpha value is -1.66. The van der Waals surface area contributed by atoms with E-state index in [0.717, 1.165) is 36.0 Å². The normalized spacial score (nSPS) is 23.0. The van der Waals surface area contributed by atoms with Crippen molar-refractivity contribution in [1.82, 2.24) is 14.8 Å². The summed E-state index contributed by atoms with van der Waals surface area (Å²) in [7, 11) is 2.19. The van der Waals surface area contributed by atoms with E-state index >= 15 is 0 Å². The summed E-state index contributed by atoms with van der Waals surface area (Å²) in [4.78, 5) is 21.7. The summed E-state index contributed by atoms with van der Waals surface area (Å²) in [5.41, 5.74) is 1.50. The monoisotopic (exact) mass is 345 g/mol. The molecule has 2 fully saturated rings. The van der Waals surface area contributed by atoms with Gasteiger partial charge < -0.3 is 14.2 Å². The zero-order chi connectivity index (χ0) is 16.5. The number of carbonyl (C=O) groups is 1. The Morgan fingerprint density at radius 1 is 1.25 bits per heavy atom. The molecule has 2 aliphatic rings. The molecule has 4 heterocycles. The predicted molar refractivity (Wildman–Crippen MR) is 94.0 cm³/mol. The lowest BCUT2D eigenvalue weighted by Gasteiger charge is -2.32. The quantitative estimate of drug-likeness (QED) is 0.857. The van der Waals surface area contributed by atoms with E-state index in [1.165, 1.54) is 37.3 Å². The second-order valence-corrected chi connectivity index (χ2v) is 7.85. The van der Waals surface area contributed by atoms with Gasteiger partial charge >= 0.3 is 0 Å². The summed E-state index contributed by atoms with van der Waals surface area (Å²) < 4.78 is 5.10. The fourth-order valence-corrected chi connectivity index (χ4v) is 4.69. The molecule has 1 amide bonds. The van der Waals surface area contributed by atoms with Gasteiger partial charge in [0.15, 0.2) is 0 Å². The fourth-order valence-electron chi connectivity index (χ4n) is 3.91. The Balaban J connectivity index is 1.39. The molecule has 6 heteroatoms. The van der Waals surface area contributed by atoms with Gasteiger partial charge in [0.25, 0.3) is 5.91 Å². The van der Waals surface area contributed by atoms with Gasteiger partial charge in [-0.3, -0.25) is 4.79 Å². The molecule has 0 aromatic carbocycles. The third-order valence-corrected chi connectivity index (χ3v) is 6.32. The highest BCUT2D eigenvalue weighted by atomic mass is 32.1. The third-order valence-electron chi connectivity index (χ3n) is 5.43. The van der Waals surface area contributed by atoms with Gasteiger partial charge in [-0.05, 0) is 57.3 Å². The van der Waals surface area contributed by atoms with Gasteiger partial charge in [-0.2, -0.15) is 0 Å². The molecule has 4 rings (SSSR count). The predicted octanol–water partition coefficient (Wildman–Crippen LogP) is 3.21. The van der Waals surface area contributed by atoms with Crippen LogP contribution in [0.15, 0.2) is 28.4 Å². The number of nitrogens with zero attached hydrogens (tertiary/aromatic N) is 3. The van der Waals surface area contributed by atoms with Gasteiger partial charge in [0.05, 0.1) is 6.26 Å². The number of aromatic nitrogens is 1. The Kier molecular flexibility index (Phi) is 4.41. The highest BCUT2D eigenvalue weighted by Gasteiger charge is 2.34. The van der Waals surface area contributed by atoms with Crippen LogP contribution in [0.2, 0.25) is 0 Å². The van der Waals surface area contributed by atoms with Gasteiger partial charge in [-0.15, -0.1) is 11.3 Å². The van der Waals surface area contributed by atoms with Crippen molar-refractivity contribution in [2.75, 3.05) is 33.2 Å². The van der Waals surface area contributed by atoms with Crippen LogP contribution in [0, 0.1) is 11.8 Å². The molecule has 2 aromatic rings. The van der Waals surface area contributed by atoms with E-state index in [-0.39, 0.29) is 5.91 Å². The van der Waals surface area contributed by atoms with Crippen LogP contribution in [0.1, 0.15) is 29.8 Å². The lowest BCUT2D eigenvalue weighted by atomic mass is 9.84. The minimum atomic E-state index is 0.0800. The van der Waals surface area contributed by atoms with Crippen molar-refractivity contribution >= 4 is 17.2 Å². The summed E-state index contributed by atoms with van der Waals surface area (Å²) in [6, 6.07) is 1.87. The first kappa shape index (κ1) is 15.8. The van der Waals surface area contributed by atoms with Gasteiger partial charge in [-0.1, -0.05) is 0 Å². The topological polar surface area (TPSA) is 49.6 Å². The van der Waals surface area contributed by atoms with E-state index in [1.54, 1.807) is 12.5 Å². The van der Waals surface area contributed by atoms with Gasteiger partial charge in [-0.25, -0.2) is 4.98 Å². The van der Waals surface area contributed by atoms with Crippen LogP contribution < -0.4 is 0 Å². The lowest BCUT2D eigenvalue weighted by molar-refractivity contribution is 0.0771. The van der Waals surface area contributed by atoms with Crippen LogP contribution in [0.25, 0.3) is 10.6 Å². The average Bonchev–Trinajstić information content (AvgIpc) is 3.34. The first-order chi connectivity index (χ1) is 11.7. The van der Waals surface area contributed by atoms with E-state index < -0.39 is 0 Å². The number of carbonyl (C=O) groups excluding carboxylic acids is 1. The van der Waals surface area contributed by atoms with E-state index in [0.29, 0.717) is 11.6 Å². The van der Waals surface area contributed by atoms with Crippen molar-refractivity contribution < 1.29 is 9.21 Å². The molecule has 128 valence electrons. The number of furan rings is 1. The van der Waals surface area contributed by atoms with Crippen molar-refractivity contribution in [2.24, 2.45) is 11.8 Å². The largest absolute Gasteiger partial charge is 0.472 e. The van der Waals surface area contributed by atoms with Gasteiger partial charge in [0.1, 0.15) is 17.0 Å². The number of hydrogen-bond acceptors (Lipinski definition) is 5. The minimum Gasteiger partial charge on any atom is -0.472 e. The Labute approximate surface area is 146 Å². The van der Waals surface area contributed by atoms with E-state index in [2.05, 4.69) is 16.9 Å². The van der Waals surface area contributed by atoms with E-state index in [9.17, 15) is 4.79 Å². The third kappa shape index (κ3) is 3.13. The number of amides is 1. The molecule has 1 unspecified atom stereocenters. The molecule has 0 spiro atoms. The van der Waals surface area contributed by atoms with Crippen molar-refractivity contribution in [1.29, 1.82) is 0 Å². The molecule has 2 saturated heterocycles. The molecular weight excluding hydrogens is 322 g/mol. The summed E-state index contributed by atoms with van der Waals surface area (Å²) in [6.07, 6.45) is 6.97. The molecule has 5 nitrogen and oxygen atoms in total. The second kappa shape index (κ2) is 6.69. The number of thiazole rings is 1. The number of likely N-dealkylation sites (tertiary alicyclic amines) is 2. The summed E-state index contributed by atoms with van der Waals surface area (Å²) in [6.45, 7) is 4.14. The van der Waals surface area contributed by atoms with Gasteiger partial charge in [0.2, 0.25) is 0 Å². The Morgan fingerprint density at radius 3 is 2.79 bits per heavy atom. The zero-order valence-electron chi connectivity index (χ0n) is 14.0. The first-order valence-corrected chi connectivity index (χ1v) is 9.54. The second-order valence-electron chi connectivity index (χ2n) is 6.99. The standard InChI is InChI=1S/C18H23N3O2S/c1-20-6-2-13(3-7-20)14-4-8-21(10-14)18(22)16-12-24-17(19-16)15-5-9-23-11-15/h5,9,11-14H,2-4,6-8,10H2,1H3. The zero-order valence-corrected chi connectivity index (χ0v) is 14.8. The van der Waals surface area contributed by atoms with Crippen molar-refractivity contribution in [3.63, 3.8) is 0 Å².